The summed E-state index contributed by atoms with van der Waals surface area (Å²) in [5.41, 5.74) is 3.38. The van der Waals surface area contributed by atoms with E-state index in [4.69, 9.17) is 21.1 Å². The van der Waals surface area contributed by atoms with Crippen LogP contribution in [0.1, 0.15) is 26.9 Å². The number of hydrogen-bond donors (Lipinski definition) is 0. The Morgan fingerprint density at radius 2 is 1.68 bits per heavy atom. The smallest absolute Gasteiger partial charge is 0.161 e. The molecule has 0 radical (unpaired) electrons. The fraction of sp³-hybridized carbons (Fsp3) is 0.333. The summed E-state index contributed by atoms with van der Waals surface area (Å²) in [4.78, 5) is 1.18. The lowest BCUT2D eigenvalue weighted by molar-refractivity contribution is 0.354. The molecule has 1 aromatic carbocycles. The summed E-state index contributed by atoms with van der Waals surface area (Å²) in [6, 6.07) is 6.02. The van der Waals surface area contributed by atoms with Crippen molar-refractivity contribution in [2.75, 3.05) is 14.2 Å². The molecular weight excluding hydrogens is 280 g/mol. The predicted molar refractivity (Wildman–Crippen MR) is 81.0 cm³/mol. The molecule has 0 bridgehead atoms. The molecule has 1 heterocycles. The van der Waals surface area contributed by atoms with Gasteiger partial charge in [0, 0.05) is 4.88 Å². The van der Waals surface area contributed by atoms with Crippen molar-refractivity contribution >= 4 is 22.9 Å². The first-order chi connectivity index (χ1) is 9.08. The van der Waals surface area contributed by atoms with Gasteiger partial charge in [0.25, 0.3) is 0 Å². The molecule has 1 unspecified atom stereocenters. The second-order valence-electron chi connectivity index (χ2n) is 4.39. The van der Waals surface area contributed by atoms with Crippen molar-refractivity contribution in [2.24, 2.45) is 0 Å². The lowest BCUT2D eigenvalue weighted by Crippen LogP contribution is -1.99. The van der Waals surface area contributed by atoms with Crippen LogP contribution in [0.25, 0.3) is 0 Å². The standard InChI is InChI=1S/C15H17ClO2S/c1-9-5-6-19-15(9)14(16)11-8-13(18-4)12(17-3)7-10(11)2/h5-8,14H,1-4H3. The van der Waals surface area contributed by atoms with Crippen LogP contribution in [0.15, 0.2) is 23.6 Å². The van der Waals surface area contributed by atoms with Crippen LogP contribution in [0.2, 0.25) is 0 Å². The van der Waals surface area contributed by atoms with Gasteiger partial charge in [-0.3, -0.25) is 0 Å². The minimum atomic E-state index is -0.153. The van der Waals surface area contributed by atoms with Crippen molar-refractivity contribution in [3.8, 4) is 11.5 Å². The highest BCUT2D eigenvalue weighted by Gasteiger charge is 2.19. The number of alkyl halides is 1. The van der Waals surface area contributed by atoms with Crippen LogP contribution in [0, 0.1) is 13.8 Å². The number of hydrogen-bond acceptors (Lipinski definition) is 3. The lowest BCUT2D eigenvalue weighted by Gasteiger charge is -2.16. The van der Waals surface area contributed by atoms with Crippen LogP contribution in [0.4, 0.5) is 0 Å². The normalized spacial score (nSPS) is 12.3. The highest BCUT2D eigenvalue weighted by molar-refractivity contribution is 7.10. The Hall–Kier alpha value is -1.19. The van der Waals surface area contributed by atoms with E-state index in [1.807, 2.05) is 19.1 Å². The molecule has 0 aliphatic heterocycles. The number of benzene rings is 1. The number of methoxy groups -OCH3 is 2. The van der Waals surface area contributed by atoms with Gasteiger partial charge < -0.3 is 9.47 Å². The molecule has 4 heteroatoms. The molecular formula is C15H17ClO2S. The summed E-state index contributed by atoms with van der Waals surface area (Å²) < 4.78 is 10.7. The van der Waals surface area contributed by atoms with E-state index in [1.165, 1.54) is 10.4 Å². The quantitative estimate of drug-likeness (QED) is 0.761. The van der Waals surface area contributed by atoms with Gasteiger partial charge in [0.05, 0.1) is 19.6 Å². The van der Waals surface area contributed by atoms with E-state index in [2.05, 4.69) is 18.4 Å². The van der Waals surface area contributed by atoms with E-state index in [0.717, 1.165) is 16.9 Å². The zero-order valence-electron chi connectivity index (χ0n) is 11.5. The summed E-state index contributed by atoms with van der Waals surface area (Å²) in [6.45, 7) is 4.12. The largest absolute Gasteiger partial charge is 0.493 e. The van der Waals surface area contributed by atoms with Crippen LogP contribution in [0.3, 0.4) is 0 Å². The van der Waals surface area contributed by atoms with Gasteiger partial charge >= 0.3 is 0 Å². The monoisotopic (exact) mass is 296 g/mol. The van der Waals surface area contributed by atoms with Crippen LogP contribution >= 0.6 is 22.9 Å². The third kappa shape index (κ3) is 2.72. The third-order valence-corrected chi connectivity index (χ3v) is 4.84. The molecule has 1 atom stereocenters. The zero-order valence-corrected chi connectivity index (χ0v) is 13.1. The topological polar surface area (TPSA) is 18.5 Å². The molecule has 0 saturated carbocycles. The van der Waals surface area contributed by atoms with Gasteiger partial charge in [-0.05, 0) is 54.1 Å². The molecule has 2 aromatic rings. The lowest BCUT2D eigenvalue weighted by atomic mass is 10.0. The van der Waals surface area contributed by atoms with Crippen LogP contribution < -0.4 is 9.47 Å². The molecule has 0 aliphatic carbocycles. The Morgan fingerprint density at radius 3 is 2.21 bits per heavy atom. The SMILES string of the molecule is COc1cc(C)c(C(Cl)c2sccc2C)cc1OC. The second-order valence-corrected chi connectivity index (χ2v) is 5.78. The van der Waals surface area contributed by atoms with Crippen LogP contribution in [0.5, 0.6) is 11.5 Å². The number of rotatable bonds is 4. The van der Waals surface area contributed by atoms with Crippen LogP contribution in [-0.2, 0) is 0 Å². The molecule has 2 rings (SSSR count). The average molecular weight is 297 g/mol. The third-order valence-electron chi connectivity index (χ3n) is 3.18. The molecule has 0 fully saturated rings. The zero-order chi connectivity index (χ0) is 14.0. The van der Waals surface area contributed by atoms with Crippen molar-refractivity contribution in [3.05, 3.63) is 45.1 Å². The van der Waals surface area contributed by atoms with Crippen molar-refractivity contribution in [3.63, 3.8) is 0 Å². The number of ether oxygens (including phenoxy) is 2. The Morgan fingerprint density at radius 1 is 1.05 bits per heavy atom. The summed E-state index contributed by atoms with van der Waals surface area (Å²) in [5.74, 6) is 1.44. The summed E-state index contributed by atoms with van der Waals surface area (Å²) >= 11 is 8.30. The number of halogens is 1. The molecule has 102 valence electrons. The predicted octanol–water partition coefficient (Wildman–Crippen LogP) is 4.71. The minimum Gasteiger partial charge on any atom is -0.493 e. The molecule has 0 N–H and O–H groups in total. The molecule has 0 spiro atoms. The van der Waals surface area contributed by atoms with Crippen molar-refractivity contribution in [1.29, 1.82) is 0 Å². The van der Waals surface area contributed by atoms with E-state index < -0.39 is 0 Å². The molecule has 0 amide bonds. The fourth-order valence-electron chi connectivity index (χ4n) is 2.05. The van der Waals surface area contributed by atoms with Gasteiger partial charge in [-0.15, -0.1) is 22.9 Å². The summed E-state index contributed by atoms with van der Waals surface area (Å²) in [7, 11) is 3.27. The van der Waals surface area contributed by atoms with Gasteiger partial charge in [-0.1, -0.05) is 0 Å². The molecule has 0 aliphatic rings. The van der Waals surface area contributed by atoms with Crippen LogP contribution in [-0.4, -0.2) is 14.2 Å². The van der Waals surface area contributed by atoms with Gasteiger partial charge in [0.1, 0.15) is 0 Å². The molecule has 2 nitrogen and oxygen atoms in total. The second kappa shape index (κ2) is 5.85. The summed E-state index contributed by atoms with van der Waals surface area (Å²) in [6.07, 6.45) is 0. The van der Waals surface area contributed by atoms with E-state index in [9.17, 15) is 0 Å². The van der Waals surface area contributed by atoms with Gasteiger partial charge in [-0.2, -0.15) is 0 Å². The maximum atomic E-state index is 6.62. The highest BCUT2D eigenvalue weighted by atomic mass is 35.5. The average Bonchev–Trinajstić information content (AvgIpc) is 2.83. The van der Waals surface area contributed by atoms with Gasteiger partial charge in [0.15, 0.2) is 11.5 Å². The maximum Gasteiger partial charge on any atom is 0.161 e. The van der Waals surface area contributed by atoms with Crippen molar-refractivity contribution in [2.45, 2.75) is 19.2 Å². The van der Waals surface area contributed by atoms with E-state index >= 15 is 0 Å². The van der Waals surface area contributed by atoms with E-state index in [1.54, 1.807) is 25.6 Å². The maximum absolute atomic E-state index is 6.62. The van der Waals surface area contributed by atoms with E-state index in [-0.39, 0.29) is 5.38 Å². The Kier molecular flexibility index (Phi) is 4.38. The first-order valence-corrected chi connectivity index (χ1v) is 7.30. The first kappa shape index (κ1) is 14.2. The minimum absolute atomic E-state index is 0.153. The highest BCUT2D eigenvalue weighted by Crippen LogP contribution is 2.40. The number of thiophene rings is 1. The van der Waals surface area contributed by atoms with Crippen molar-refractivity contribution < 1.29 is 9.47 Å². The molecule has 1 aromatic heterocycles. The molecule has 19 heavy (non-hydrogen) atoms. The first-order valence-electron chi connectivity index (χ1n) is 5.99. The Balaban J connectivity index is 2.48. The molecule has 0 saturated heterocycles. The Bertz CT molecular complexity index is 578. The summed E-state index contributed by atoms with van der Waals surface area (Å²) in [5, 5.41) is 1.91. The van der Waals surface area contributed by atoms with Crippen molar-refractivity contribution in [1.82, 2.24) is 0 Å². The van der Waals surface area contributed by atoms with Gasteiger partial charge in [0.2, 0.25) is 0 Å². The van der Waals surface area contributed by atoms with Gasteiger partial charge in [-0.25, -0.2) is 0 Å². The number of aryl methyl sites for hydroxylation is 2. The fourth-order valence-corrected chi connectivity index (χ4v) is 3.54. The van der Waals surface area contributed by atoms with E-state index in [0.29, 0.717) is 5.75 Å². The Labute approximate surface area is 122 Å².